The number of nitrogens with zero attached hydrogens (tertiary/aromatic N) is 1. The molecule has 0 radical (unpaired) electrons. The van der Waals surface area contributed by atoms with E-state index in [1.807, 2.05) is 6.07 Å². The van der Waals surface area contributed by atoms with Gasteiger partial charge in [-0.25, -0.2) is 0 Å². The summed E-state index contributed by atoms with van der Waals surface area (Å²) in [5, 5.41) is 0.619. The quantitative estimate of drug-likeness (QED) is 0.663. The number of ether oxygens (including phenoxy) is 1. The van der Waals surface area contributed by atoms with Crippen LogP contribution in [0, 0.1) is 4.77 Å². The van der Waals surface area contributed by atoms with Gasteiger partial charge in [-0.15, -0.1) is 0 Å². The number of aromatic nitrogens is 2. The van der Waals surface area contributed by atoms with Crippen LogP contribution in [0.4, 0.5) is 0 Å². The summed E-state index contributed by atoms with van der Waals surface area (Å²) in [7, 11) is 1.34. The first-order valence-electron chi connectivity index (χ1n) is 4.56. The van der Waals surface area contributed by atoms with E-state index in [9.17, 15) is 4.79 Å². The zero-order valence-electron chi connectivity index (χ0n) is 8.49. The molecular formula is C10H9ClN2O2S. The summed E-state index contributed by atoms with van der Waals surface area (Å²) in [6.07, 6.45) is 0. The Morgan fingerprint density at radius 2 is 2.38 bits per heavy atom. The van der Waals surface area contributed by atoms with E-state index in [4.69, 9.17) is 23.8 Å². The van der Waals surface area contributed by atoms with Crippen molar-refractivity contribution in [1.29, 1.82) is 0 Å². The minimum Gasteiger partial charge on any atom is -0.468 e. The maximum Gasteiger partial charge on any atom is 0.325 e. The number of carbonyl (C=O) groups excluding carboxylic acids is 1. The Hall–Kier alpha value is -1.33. The Kier molecular flexibility index (Phi) is 2.98. The molecule has 0 atom stereocenters. The molecule has 1 aromatic heterocycles. The number of methoxy groups -OCH3 is 1. The Morgan fingerprint density at radius 1 is 1.62 bits per heavy atom. The zero-order valence-corrected chi connectivity index (χ0v) is 10.1. The lowest BCUT2D eigenvalue weighted by molar-refractivity contribution is -0.141. The Balaban J connectivity index is 2.56. The average Bonchev–Trinajstić information content (AvgIpc) is 2.54. The molecule has 0 saturated heterocycles. The van der Waals surface area contributed by atoms with Gasteiger partial charge in [-0.05, 0) is 30.4 Å². The monoisotopic (exact) mass is 256 g/mol. The normalized spacial score (nSPS) is 10.6. The average molecular weight is 257 g/mol. The number of rotatable bonds is 2. The molecule has 16 heavy (non-hydrogen) atoms. The number of hydrogen-bond acceptors (Lipinski definition) is 3. The van der Waals surface area contributed by atoms with Crippen molar-refractivity contribution in [3.63, 3.8) is 0 Å². The second kappa shape index (κ2) is 4.27. The summed E-state index contributed by atoms with van der Waals surface area (Å²) in [5.74, 6) is -0.341. The number of halogens is 1. The van der Waals surface area contributed by atoms with Gasteiger partial charge in [0.15, 0.2) is 4.77 Å². The number of esters is 1. The molecule has 6 heteroatoms. The van der Waals surface area contributed by atoms with E-state index in [2.05, 4.69) is 9.72 Å². The minimum atomic E-state index is -0.341. The van der Waals surface area contributed by atoms with Gasteiger partial charge in [-0.3, -0.25) is 4.79 Å². The van der Waals surface area contributed by atoms with Crippen molar-refractivity contribution in [1.82, 2.24) is 9.55 Å². The lowest BCUT2D eigenvalue weighted by Crippen LogP contribution is -2.11. The first-order chi connectivity index (χ1) is 7.61. The third-order valence-corrected chi connectivity index (χ3v) is 2.81. The molecule has 0 aliphatic heterocycles. The Bertz CT molecular complexity index is 602. The number of carbonyl (C=O) groups is 1. The summed E-state index contributed by atoms with van der Waals surface area (Å²) < 4.78 is 6.75. The highest BCUT2D eigenvalue weighted by Crippen LogP contribution is 2.19. The van der Waals surface area contributed by atoms with Crippen molar-refractivity contribution in [2.24, 2.45) is 0 Å². The van der Waals surface area contributed by atoms with Crippen LogP contribution in [0.1, 0.15) is 0 Å². The van der Waals surface area contributed by atoms with Crippen LogP contribution in [-0.2, 0) is 16.1 Å². The van der Waals surface area contributed by atoms with E-state index in [1.165, 1.54) is 7.11 Å². The predicted molar refractivity (Wildman–Crippen MR) is 64.1 cm³/mol. The maximum absolute atomic E-state index is 11.2. The van der Waals surface area contributed by atoms with Crippen molar-refractivity contribution in [2.75, 3.05) is 7.11 Å². The summed E-state index contributed by atoms with van der Waals surface area (Å²) in [6.45, 7) is 0.0942. The molecular weight excluding hydrogens is 248 g/mol. The molecule has 0 spiro atoms. The molecule has 1 N–H and O–H groups in total. The maximum atomic E-state index is 11.2. The molecule has 1 heterocycles. The standard InChI is InChI=1S/C10H9ClN2O2S/c1-15-9(14)5-13-8-3-2-6(11)4-7(8)12-10(13)16/h2-4H,5H2,1H3,(H,12,16). The molecule has 0 saturated carbocycles. The first kappa shape index (κ1) is 11.2. The predicted octanol–water partition coefficient (Wildman–Crippen LogP) is 2.53. The van der Waals surface area contributed by atoms with Gasteiger partial charge < -0.3 is 14.3 Å². The molecule has 0 fully saturated rings. The molecule has 84 valence electrons. The fourth-order valence-corrected chi connectivity index (χ4v) is 1.93. The van der Waals surface area contributed by atoms with Crippen molar-refractivity contribution in [3.05, 3.63) is 28.0 Å². The number of fused-ring (bicyclic) bond motifs is 1. The van der Waals surface area contributed by atoms with E-state index in [0.29, 0.717) is 9.79 Å². The van der Waals surface area contributed by atoms with E-state index < -0.39 is 0 Å². The summed E-state index contributed by atoms with van der Waals surface area (Å²) in [5.41, 5.74) is 1.64. The molecule has 1 aromatic carbocycles. The van der Waals surface area contributed by atoms with Crippen LogP contribution in [0.15, 0.2) is 18.2 Å². The fraction of sp³-hybridized carbons (Fsp3) is 0.200. The van der Waals surface area contributed by atoms with Gasteiger partial charge in [0.2, 0.25) is 0 Å². The third-order valence-electron chi connectivity index (χ3n) is 2.25. The van der Waals surface area contributed by atoms with E-state index in [0.717, 1.165) is 11.0 Å². The van der Waals surface area contributed by atoms with Crippen LogP contribution in [0.2, 0.25) is 5.02 Å². The van der Waals surface area contributed by atoms with Crippen LogP contribution in [0.5, 0.6) is 0 Å². The highest BCUT2D eigenvalue weighted by atomic mass is 35.5. The Morgan fingerprint density at radius 3 is 3.06 bits per heavy atom. The van der Waals surface area contributed by atoms with Gasteiger partial charge in [0.25, 0.3) is 0 Å². The number of imidazole rings is 1. The van der Waals surface area contributed by atoms with Crippen molar-refractivity contribution in [3.8, 4) is 0 Å². The van der Waals surface area contributed by atoms with E-state index in [1.54, 1.807) is 16.7 Å². The fourth-order valence-electron chi connectivity index (χ4n) is 1.49. The van der Waals surface area contributed by atoms with Crippen LogP contribution in [-0.4, -0.2) is 22.6 Å². The highest BCUT2D eigenvalue weighted by molar-refractivity contribution is 7.71. The highest BCUT2D eigenvalue weighted by Gasteiger charge is 2.08. The number of H-pyrrole nitrogens is 1. The molecule has 0 bridgehead atoms. The molecule has 0 aliphatic rings. The number of aromatic amines is 1. The molecule has 4 nitrogen and oxygen atoms in total. The largest absolute Gasteiger partial charge is 0.468 e. The van der Waals surface area contributed by atoms with Gasteiger partial charge in [0, 0.05) is 5.02 Å². The van der Waals surface area contributed by atoms with Crippen LogP contribution in [0.3, 0.4) is 0 Å². The molecule has 0 unspecified atom stereocenters. The molecule has 0 amide bonds. The van der Waals surface area contributed by atoms with Crippen molar-refractivity contribution >= 4 is 40.8 Å². The zero-order chi connectivity index (χ0) is 11.7. The van der Waals surface area contributed by atoms with Gasteiger partial charge in [-0.2, -0.15) is 0 Å². The third kappa shape index (κ3) is 1.96. The smallest absolute Gasteiger partial charge is 0.325 e. The van der Waals surface area contributed by atoms with E-state index >= 15 is 0 Å². The molecule has 2 rings (SSSR count). The van der Waals surface area contributed by atoms with E-state index in [-0.39, 0.29) is 12.5 Å². The first-order valence-corrected chi connectivity index (χ1v) is 5.35. The second-order valence-electron chi connectivity index (χ2n) is 3.25. The summed E-state index contributed by atoms with van der Waals surface area (Å²) in [6, 6.07) is 5.33. The van der Waals surface area contributed by atoms with Gasteiger partial charge in [0.05, 0.1) is 18.1 Å². The van der Waals surface area contributed by atoms with Gasteiger partial charge in [0.1, 0.15) is 6.54 Å². The second-order valence-corrected chi connectivity index (χ2v) is 4.08. The minimum absolute atomic E-state index is 0.0942. The molecule has 0 aliphatic carbocycles. The SMILES string of the molecule is COC(=O)Cn1c(=S)[nH]c2cc(Cl)ccc21. The van der Waals surface area contributed by atoms with Crippen molar-refractivity contribution < 1.29 is 9.53 Å². The lowest BCUT2D eigenvalue weighted by atomic mass is 10.3. The summed E-state index contributed by atoms with van der Waals surface area (Å²) in [4.78, 5) is 14.2. The summed E-state index contributed by atoms with van der Waals surface area (Å²) >= 11 is 11.0. The van der Waals surface area contributed by atoms with Crippen LogP contribution < -0.4 is 0 Å². The topological polar surface area (TPSA) is 47.0 Å². The van der Waals surface area contributed by atoms with Crippen LogP contribution >= 0.6 is 23.8 Å². The Labute approximate surface area is 102 Å². The number of nitrogens with one attached hydrogen (secondary N) is 1. The molecule has 2 aromatic rings. The van der Waals surface area contributed by atoms with Gasteiger partial charge >= 0.3 is 5.97 Å². The van der Waals surface area contributed by atoms with Gasteiger partial charge in [-0.1, -0.05) is 11.6 Å². The lowest BCUT2D eigenvalue weighted by Gasteiger charge is -2.02. The number of hydrogen-bond donors (Lipinski definition) is 1. The van der Waals surface area contributed by atoms with Crippen molar-refractivity contribution in [2.45, 2.75) is 6.54 Å². The number of benzene rings is 1. The van der Waals surface area contributed by atoms with Crippen LogP contribution in [0.25, 0.3) is 11.0 Å².